The van der Waals surface area contributed by atoms with Crippen LogP contribution in [-0.2, 0) is 0 Å². The number of amidine groups is 1. The van der Waals surface area contributed by atoms with Crippen LogP contribution in [0.5, 0.6) is 0 Å². The van der Waals surface area contributed by atoms with Crippen molar-refractivity contribution in [1.29, 1.82) is 0 Å². The Morgan fingerprint density at radius 3 is 3.00 bits per heavy atom. The summed E-state index contributed by atoms with van der Waals surface area (Å²) in [5, 5.41) is 14.0. The third kappa shape index (κ3) is 1.55. The van der Waals surface area contributed by atoms with E-state index >= 15 is 0 Å². The highest BCUT2D eigenvalue weighted by Gasteiger charge is 2.28. The molecule has 0 unspecified atom stereocenters. The molecule has 3 rings (SSSR count). The number of pyridine rings is 1. The fourth-order valence-corrected chi connectivity index (χ4v) is 2.05. The predicted molar refractivity (Wildman–Crippen MR) is 67.2 cm³/mol. The van der Waals surface area contributed by atoms with Gasteiger partial charge in [0.15, 0.2) is 11.5 Å². The minimum Gasteiger partial charge on any atom is -0.409 e. The van der Waals surface area contributed by atoms with Crippen LogP contribution in [-0.4, -0.2) is 38.8 Å². The molecule has 94 valence electrons. The maximum Gasteiger partial charge on any atom is 0.180 e. The molecular weight excluding hydrogens is 232 g/mol. The number of hydrogen-bond acceptors (Lipinski definition) is 5. The lowest BCUT2D eigenvalue weighted by Crippen LogP contribution is -2.32. The number of hydrogen-bond donors (Lipinski definition) is 2. The Bertz CT molecular complexity index is 615. The van der Waals surface area contributed by atoms with Crippen LogP contribution >= 0.6 is 0 Å². The first kappa shape index (κ1) is 10.8. The van der Waals surface area contributed by atoms with Crippen molar-refractivity contribution < 1.29 is 5.21 Å². The van der Waals surface area contributed by atoms with Gasteiger partial charge in [0.2, 0.25) is 0 Å². The third-order valence-corrected chi connectivity index (χ3v) is 3.22. The summed E-state index contributed by atoms with van der Waals surface area (Å²) in [6, 6.07) is 2.25. The second-order valence-corrected chi connectivity index (χ2v) is 4.41. The Labute approximate surface area is 104 Å². The van der Waals surface area contributed by atoms with Gasteiger partial charge in [0.05, 0.1) is 5.56 Å². The molecule has 0 aliphatic heterocycles. The average molecular weight is 246 g/mol. The van der Waals surface area contributed by atoms with Gasteiger partial charge in [-0.15, -0.1) is 0 Å². The number of nitrogens with zero attached hydrogens (tertiary/aromatic N) is 5. The topological polar surface area (TPSA) is 92.6 Å². The summed E-state index contributed by atoms with van der Waals surface area (Å²) < 4.78 is 1.91. The van der Waals surface area contributed by atoms with Crippen molar-refractivity contribution >= 4 is 17.0 Å². The smallest absolute Gasteiger partial charge is 0.180 e. The van der Waals surface area contributed by atoms with Gasteiger partial charge >= 0.3 is 0 Å². The van der Waals surface area contributed by atoms with Crippen LogP contribution in [0.4, 0.5) is 0 Å². The zero-order valence-electron chi connectivity index (χ0n) is 9.98. The van der Waals surface area contributed by atoms with Crippen molar-refractivity contribution in [2.24, 2.45) is 10.9 Å². The Morgan fingerprint density at radius 1 is 1.56 bits per heavy atom. The molecule has 0 amide bonds. The van der Waals surface area contributed by atoms with Crippen LogP contribution in [0.2, 0.25) is 0 Å². The molecule has 1 fully saturated rings. The molecule has 0 aromatic carbocycles. The maximum atomic E-state index is 8.84. The van der Waals surface area contributed by atoms with Crippen LogP contribution in [0.1, 0.15) is 18.4 Å². The lowest BCUT2D eigenvalue weighted by Gasteiger charge is -2.21. The molecule has 0 saturated heterocycles. The van der Waals surface area contributed by atoms with E-state index in [1.54, 1.807) is 18.6 Å². The van der Waals surface area contributed by atoms with Crippen molar-refractivity contribution in [2.45, 2.75) is 18.9 Å². The maximum absolute atomic E-state index is 8.84. The van der Waals surface area contributed by atoms with E-state index in [9.17, 15) is 0 Å². The van der Waals surface area contributed by atoms with Crippen LogP contribution < -0.4 is 10.7 Å². The van der Waals surface area contributed by atoms with Crippen LogP contribution in [0.15, 0.2) is 23.7 Å². The van der Waals surface area contributed by atoms with Gasteiger partial charge < -0.3 is 15.9 Å². The largest absolute Gasteiger partial charge is 0.409 e. The molecule has 2 aromatic rings. The lowest BCUT2D eigenvalue weighted by atomic mass is 10.2. The molecule has 18 heavy (non-hydrogen) atoms. The Hall–Kier alpha value is -2.31. The van der Waals surface area contributed by atoms with E-state index in [0.717, 1.165) is 5.52 Å². The zero-order valence-corrected chi connectivity index (χ0v) is 9.98. The van der Waals surface area contributed by atoms with Crippen LogP contribution in [0, 0.1) is 0 Å². The molecule has 0 bridgehead atoms. The zero-order chi connectivity index (χ0) is 12.7. The van der Waals surface area contributed by atoms with Gasteiger partial charge in [-0.05, 0) is 18.9 Å². The highest BCUT2D eigenvalue weighted by molar-refractivity contribution is 6.06. The van der Waals surface area contributed by atoms with Crippen molar-refractivity contribution in [2.75, 3.05) is 12.1 Å². The fraction of sp³-hybridized carbons (Fsp3) is 0.364. The first-order valence-electron chi connectivity index (χ1n) is 5.75. The summed E-state index contributed by atoms with van der Waals surface area (Å²) in [6.45, 7) is 0. The van der Waals surface area contributed by atoms with E-state index in [1.807, 2.05) is 11.7 Å². The summed E-state index contributed by atoms with van der Waals surface area (Å²) in [6.07, 6.45) is 5.67. The first-order chi connectivity index (χ1) is 8.72. The van der Waals surface area contributed by atoms with Crippen molar-refractivity contribution in [1.82, 2.24) is 14.6 Å². The highest BCUT2D eigenvalue weighted by atomic mass is 16.4. The molecular formula is C11H14N6O. The molecule has 7 heteroatoms. The summed E-state index contributed by atoms with van der Waals surface area (Å²) in [7, 11) is 2.00. The second kappa shape index (κ2) is 3.86. The fourth-order valence-electron chi connectivity index (χ4n) is 2.05. The number of aromatic nitrogens is 3. The van der Waals surface area contributed by atoms with Crippen molar-refractivity contribution in [3.8, 4) is 0 Å². The van der Waals surface area contributed by atoms with Gasteiger partial charge in [-0.3, -0.25) is 0 Å². The summed E-state index contributed by atoms with van der Waals surface area (Å²) in [4.78, 5) is 8.44. The molecule has 0 radical (unpaired) electrons. The first-order valence-corrected chi connectivity index (χ1v) is 5.75. The summed E-state index contributed by atoms with van der Waals surface area (Å²) >= 11 is 0. The number of rotatable bonds is 3. The van der Waals surface area contributed by atoms with Gasteiger partial charge in [0.1, 0.15) is 11.8 Å². The molecule has 2 heterocycles. The van der Waals surface area contributed by atoms with Gasteiger partial charge in [-0.2, -0.15) is 0 Å². The van der Waals surface area contributed by atoms with Gasteiger partial charge in [0, 0.05) is 19.3 Å². The molecule has 0 atom stereocenters. The normalized spacial score (nSPS) is 16.2. The molecule has 1 aliphatic rings. The Kier molecular flexibility index (Phi) is 2.32. The van der Waals surface area contributed by atoms with Crippen molar-refractivity contribution in [3.63, 3.8) is 0 Å². The van der Waals surface area contributed by atoms with Gasteiger partial charge in [0.25, 0.3) is 0 Å². The molecule has 3 N–H and O–H groups in total. The number of fused-ring (bicyclic) bond motifs is 1. The van der Waals surface area contributed by atoms with Crippen molar-refractivity contribution in [3.05, 3.63) is 24.2 Å². The third-order valence-electron chi connectivity index (χ3n) is 3.22. The SMILES string of the molecule is CN(C1CC1)n1cnc2nccc(/C(N)=N/O)c21. The average Bonchev–Trinajstić information content (AvgIpc) is 3.16. The van der Waals surface area contributed by atoms with E-state index in [1.165, 1.54) is 12.8 Å². The van der Waals surface area contributed by atoms with Gasteiger partial charge in [-0.1, -0.05) is 5.16 Å². The minimum atomic E-state index is 0.0633. The molecule has 7 nitrogen and oxygen atoms in total. The number of imidazole rings is 1. The monoisotopic (exact) mass is 246 g/mol. The number of nitrogens with two attached hydrogens (primary N) is 1. The van der Waals surface area contributed by atoms with E-state index in [0.29, 0.717) is 17.3 Å². The van der Waals surface area contributed by atoms with E-state index in [2.05, 4.69) is 20.1 Å². The van der Waals surface area contributed by atoms with E-state index < -0.39 is 0 Å². The summed E-state index contributed by atoms with van der Waals surface area (Å²) in [5.41, 5.74) is 7.68. The highest BCUT2D eigenvalue weighted by Crippen LogP contribution is 2.26. The van der Waals surface area contributed by atoms with E-state index in [4.69, 9.17) is 10.9 Å². The standard InChI is InChI=1S/C11H14N6O/c1-16(7-2-3-7)17-6-14-11-9(17)8(4-5-13-11)10(12)15-18/h4-7,18H,2-3H2,1H3,(H2,12,15). The summed E-state index contributed by atoms with van der Waals surface area (Å²) in [5.74, 6) is 0.0633. The minimum absolute atomic E-state index is 0.0633. The Morgan fingerprint density at radius 2 is 2.33 bits per heavy atom. The quantitative estimate of drug-likeness (QED) is 0.350. The lowest BCUT2D eigenvalue weighted by molar-refractivity contribution is 0.318. The molecule has 0 spiro atoms. The molecule has 1 saturated carbocycles. The molecule has 1 aliphatic carbocycles. The Balaban J connectivity index is 2.20. The van der Waals surface area contributed by atoms with Crippen LogP contribution in [0.3, 0.4) is 0 Å². The predicted octanol–water partition coefficient (Wildman–Crippen LogP) is 0.256. The van der Waals surface area contributed by atoms with Crippen LogP contribution in [0.25, 0.3) is 11.2 Å². The molecule has 2 aromatic heterocycles. The second-order valence-electron chi connectivity index (χ2n) is 4.41. The van der Waals surface area contributed by atoms with E-state index in [-0.39, 0.29) is 5.84 Å². The van der Waals surface area contributed by atoms with Gasteiger partial charge in [-0.25, -0.2) is 14.6 Å². The number of oxime groups is 1.